The molecule has 1 amide bonds. The summed E-state index contributed by atoms with van der Waals surface area (Å²) < 4.78 is 11.6. The van der Waals surface area contributed by atoms with E-state index in [-0.39, 0.29) is 5.91 Å². The van der Waals surface area contributed by atoms with Crippen molar-refractivity contribution in [3.05, 3.63) is 90.0 Å². The second kappa shape index (κ2) is 6.08. The minimum absolute atomic E-state index is 0.133. The van der Waals surface area contributed by atoms with E-state index < -0.39 is 6.23 Å². The van der Waals surface area contributed by atoms with Crippen LogP contribution in [-0.4, -0.2) is 5.91 Å². The molecule has 1 heterocycles. The number of fused-ring (bicyclic) bond motifs is 1. The first kappa shape index (κ1) is 14.3. The number of carbonyl (C=O) groups excluding carboxylic acids is 1. The average molecular weight is 317 g/mol. The first-order valence-electron chi connectivity index (χ1n) is 7.69. The van der Waals surface area contributed by atoms with Gasteiger partial charge in [0.25, 0.3) is 5.91 Å². The highest BCUT2D eigenvalue weighted by Gasteiger charge is 2.26. The monoisotopic (exact) mass is 317 g/mol. The largest absolute Gasteiger partial charge is 0.466 e. The summed E-state index contributed by atoms with van der Waals surface area (Å²) in [6.07, 6.45) is -0.502. The number of nitrogens with one attached hydrogen (secondary N) is 1. The lowest BCUT2D eigenvalue weighted by Crippen LogP contribution is -2.36. The molecule has 1 aliphatic rings. The lowest BCUT2D eigenvalue weighted by molar-refractivity contribution is 0.0756. The number of hydrogen-bond acceptors (Lipinski definition) is 3. The quantitative estimate of drug-likeness (QED) is 0.783. The van der Waals surface area contributed by atoms with Crippen molar-refractivity contribution in [3.63, 3.8) is 0 Å². The van der Waals surface area contributed by atoms with E-state index in [1.54, 1.807) is 12.1 Å². The molecular weight excluding hydrogens is 302 g/mol. The SMILES string of the molecule is O=C1N[C@H](c2ccc(Oc3ccccc3)cc2)Oc2ccccc21. The van der Waals surface area contributed by atoms with Crippen LogP contribution < -0.4 is 14.8 Å². The molecule has 3 aromatic rings. The summed E-state index contributed by atoms with van der Waals surface area (Å²) in [7, 11) is 0. The molecule has 0 aliphatic carbocycles. The van der Waals surface area contributed by atoms with E-state index in [0.717, 1.165) is 17.1 Å². The maximum atomic E-state index is 12.2. The van der Waals surface area contributed by atoms with Crippen molar-refractivity contribution in [3.8, 4) is 17.2 Å². The molecule has 4 nitrogen and oxygen atoms in total. The molecule has 0 bridgehead atoms. The number of carbonyl (C=O) groups is 1. The van der Waals surface area contributed by atoms with Gasteiger partial charge in [0.05, 0.1) is 5.56 Å². The van der Waals surface area contributed by atoms with E-state index in [4.69, 9.17) is 9.47 Å². The lowest BCUT2D eigenvalue weighted by atomic mass is 10.1. The Morgan fingerprint density at radius 3 is 2.25 bits per heavy atom. The van der Waals surface area contributed by atoms with E-state index in [1.807, 2.05) is 66.7 Å². The molecule has 3 aromatic carbocycles. The molecule has 0 spiro atoms. The van der Waals surface area contributed by atoms with Crippen molar-refractivity contribution in [1.82, 2.24) is 5.32 Å². The molecule has 118 valence electrons. The molecule has 4 heteroatoms. The summed E-state index contributed by atoms with van der Waals surface area (Å²) in [6, 6.07) is 24.3. The number of hydrogen-bond donors (Lipinski definition) is 1. The van der Waals surface area contributed by atoms with Crippen LogP contribution in [-0.2, 0) is 0 Å². The maximum Gasteiger partial charge on any atom is 0.258 e. The van der Waals surface area contributed by atoms with Crippen LogP contribution in [0.5, 0.6) is 17.2 Å². The van der Waals surface area contributed by atoms with Crippen molar-refractivity contribution in [2.24, 2.45) is 0 Å². The predicted molar refractivity (Wildman–Crippen MR) is 90.2 cm³/mol. The Labute approximate surface area is 139 Å². The van der Waals surface area contributed by atoms with Gasteiger partial charge in [0, 0.05) is 5.56 Å². The fourth-order valence-electron chi connectivity index (χ4n) is 2.60. The summed E-state index contributed by atoms with van der Waals surface area (Å²) in [5.41, 5.74) is 1.41. The molecular formula is C20H15NO3. The summed E-state index contributed by atoms with van der Waals surface area (Å²) in [6.45, 7) is 0. The van der Waals surface area contributed by atoms with Gasteiger partial charge in [0.15, 0.2) is 6.23 Å². The van der Waals surface area contributed by atoms with Crippen molar-refractivity contribution < 1.29 is 14.3 Å². The Balaban J connectivity index is 1.53. The third-order valence-electron chi connectivity index (χ3n) is 3.80. The van der Waals surface area contributed by atoms with Crippen LogP contribution in [0.3, 0.4) is 0 Å². The summed E-state index contributed by atoms with van der Waals surface area (Å²) >= 11 is 0. The van der Waals surface area contributed by atoms with Crippen LogP contribution in [0.1, 0.15) is 22.1 Å². The third kappa shape index (κ3) is 2.82. The highest BCUT2D eigenvalue weighted by atomic mass is 16.5. The minimum Gasteiger partial charge on any atom is -0.466 e. The minimum atomic E-state index is -0.502. The molecule has 0 fully saturated rings. The van der Waals surface area contributed by atoms with E-state index in [1.165, 1.54) is 0 Å². The third-order valence-corrected chi connectivity index (χ3v) is 3.80. The fraction of sp³-hybridized carbons (Fsp3) is 0.0500. The van der Waals surface area contributed by atoms with Gasteiger partial charge in [-0.1, -0.05) is 30.3 Å². The summed E-state index contributed by atoms with van der Waals surface area (Å²) in [5, 5.41) is 2.86. The van der Waals surface area contributed by atoms with E-state index in [2.05, 4.69) is 5.32 Å². The average Bonchev–Trinajstić information content (AvgIpc) is 2.63. The van der Waals surface area contributed by atoms with Crippen molar-refractivity contribution in [2.75, 3.05) is 0 Å². The smallest absolute Gasteiger partial charge is 0.258 e. The van der Waals surface area contributed by atoms with Gasteiger partial charge in [0.2, 0.25) is 0 Å². The second-order valence-corrected chi connectivity index (χ2v) is 5.45. The summed E-state index contributed by atoms with van der Waals surface area (Å²) in [4.78, 5) is 12.2. The molecule has 0 aromatic heterocycles. The second-order valence-electron chi connectivity index (χ2n) is 5.45. The zero-order valence-corrected chi connectivity index (χ0v) is 12.8. The van der Waals surface area contributed by atoms with E-state index in [0.29, 0.717) is 11.3 Å². The van der Waals surface area contributed by atoms with Gasteiger partial charge in [-0.05, 0) is 48.5 Å². The number of ether oxygens (including phenoxy) is 2. The van der Waals surface area contributed by atoms with Crippen molar-refractivity contribution in [1.29, 1.82) is 0 Å². The van der Waals surface area contributed by atoms with Gasteiger partial charge >= 0.3 is 0 Å². The molecule has 1 N–H and O–H groups in total. The Morgan fingerprint density at radius 1 is 0.792 bits per heavy atom. The molecule has 0 radical (unpaired) electrons. The van der Waals surface area contributed by atoms with Crippen molar-refractivity contribution in [2.45, 2.75) is 6.23 Å². The maximum absolute atomic E-state index is 12.2. The predicted octanol–water partition coefficient (Wildman–Crippen LogP) is 4.30. The molecule has 0 saturated carbocycles. The number of benzene rings is 3. The normalized spacial score (nSPS) is 15.8. The Hall–Kier alpha value is -3.27. The van der Waals surface area contributed by atoms with Crippen LogP contribution >= 0.6 is 0 Å². The molecule has 0 unspecified atom stereocenters. The Morgan fingerprint density at radius 2 is 1.46 bits per heavy atom. The van der Waals surface area contributed by atoms with Crippen LogP contribution in [0, 0.1) is 0 Å². The fourth-order valence-corrected chi connectivity index (χ4v) is 2.60. The lowest BCUT2D eigenvalue weighted by Gasteiger charge is -2.27. The number of amides is 1. The summed E-state index contributed by atoms with van der Waals surface area (Å²) in [5.74, 6) is 1.97. The topological polar surface area (TPSA) is 47.6 Å². The van der Waals surface area contributed by atoms with Gasteiger partial charge in [0.1, 0.15) is 17.2 Å². The van der Waals surface area contributed by atoms with Crippen LogP contribution in [0.4, 0.5) is 0 Å². The Kier molecular flexibility index (Phi) is 3.63. The van der Waals surface area contributed by atoms with Gasteiger partial charge in [-0.2, -0.15) is 0 Å². The van der Waals surface area contributed by atoms with Gasteiger partial charge < -0.3 is 14.8 Å². The standard InChI is InChI=1S/C20H15NO3/c22-19-17-8-4-5-9-18(17)24-20(21-19)14-10-12-16(13-11-14)23-15-6-2-1-3-7-15/h1-13,20H,(H,21,22)/t20-/m0/s1. The van der Waals surface area contributed by atoms with Gasteiger partial charge in [-0.25, -0.2) is 0 Å². The Bertz CT molecular complexity index is 860. The van der Waals surface area contributed by atoms with E-state index in [9.17, 15) is 4.79 Å². The van der Waals surface area contributed by atoms with E-state index >= 15 is 0 Å². The first-order valence-corrected chi connectivity index (χ1v) is 7.69. The highest BCUT2D eigenvalue weighted by molar-refractivity contribution is 5.97. The molecule has 4 rings (SSSR count). The number of para-hydroxylation sites is 2. The highest BCUT2D eigenvalue weighted by Crippen LogP contribution is 2.30. The number of rotatable bonds is 3. The van der Waals surface area contributed by atoms with Crippen LogP contribution in [0.15, 0.2) is 78.9 Å². The zero-order chi connectivity index (χ0) is 16.4. The van der Waals surface area contributed by atoms with Gasteiger partial charge in [-0.3, -0.25) is 4.79 Å². The first-order chi connectivity index (χ1) is 11.8. The zero-order valence-electron chi connectivity index (χ0n) is 12.8. The van der Waals surface area contributed by atoms with Crippen LogP contribution in [0.2, 0.25) is 0 Å². The van der Waals surface area contributed by atoms with Crippen molar-refractivity contribution >= 4 is 5.91 Å². The molecule has 1 aliphatic heterocycles. The van der Waals surface area contributed by atoms with Gasteiger partial charge in [-0.15, -0.1) is 0 Å². The molecule has 0 saturated heterocycles. The van der Waals surface area contributed by atoms with Crippen LogP contribution in [0.25, 0.3) is 0 Å². The molecule has 24 heavy (non-hydrogen) atoms. The molecule has 1 atom stereocenters.